The molecule has 1 aromatic carbocycles. The fourth-order valence-electron chi connectivity index (χ4n) is 5.79. The van der Waals surface area contributed by atoms with E-state index in [0.29, 0.717) is 36.0 Å². The summed E-state index contributed by atoms with van der Waals surface area (Å²) in [6.45, 7) is 4.98. The maximum atomic E-state index is 12.1. The summed E-state index contributed by atoms with van der Waals surface area (Å²) in [6, 6.07) is 7.06. The number of benzene rings is 1. The maximum absolute atomic E-state index is 12.1. The number of aromatic hydroxyl groups is 1. The van der Waals surface area contributed by atoms with Gasteiger partial charge in [0.25, 0.3) is 0 Å². The van der Waals surface area contributed by atoms with Crippen LogP contribution in [0.2, 0.25) is 0 Å². The number of hydrogen-bond acceptors (Lipinski definition) is 5. The first-order chi connectivity index (χ1) is 15.4. The fourth-order valence-corrected chi connectivity index (χ4v) is 5.79. The zero-order chi connectivity index (χ0) is 22.5. The van der Waals surface area contributed by atoms with Crippen LogP contribution in [0, 0.1) is 5.41 Å². The van der Waals surface area contributed by atoms with E-state index in [1.54, 1.807) is 18.2 Å². The van der Waals surface area contributed by atoms with Crippen molar-refractivity contribution in [3.63, 3.8) is 0 Å². The molecule has 2 aliphatic heterocycles. The number of hydrogen-bond donors (Lipinski definition) is 4. The van der Waals surface area contributed by atoms with Crippen LogP contribution in [0.15, 0.2) is 24.3 Å². The van der Waals surface area contributed by atoms with Gasteiger partial charge in [-0.05, 0) is 43.0 Å². The van der Waals surface area contributed by atoms with Gasteiger partial charge in [0.05, 0.1) is 6.61 Å². The molecule has 1 aliphatic carbocycles. The first kappa shape index (κ1) is 20.9. The number of likely N-dealkylation sites (tertiary alicyclic amines) is 1. The zero-order valence-electron chi connectivity index (χ0n) is 18.6. The number of nitrogens with two attached hydrogens (primary N) is 2. The molecule has 32 heavy (non-hydrogen) atoms. The van der Waals surface area contributed by atoms with Crippen molar-refractivity contribution in [1.82, 2.24) is 9.88 Å². The Balaban J connectivity index is 1.52. The standard InChI is InChI=1S/C25H32N4O3/c1-2-21(31)29-13-25(14-29)9-7-18(25)23-22(15-8-10-32-12-15)17(24(27)28-23)11-19(26)16-5-3-4-6-20(16)30/h3-6,11,15,18,28,30H,2,7-10,12-14,26-27H2,1H3/b19-11-. The van der Waals surface area contributed by atoms with Crippen molar-refractivity contribution in [1.29, 1.82) is 0 Å². The molecule has 3 aliphatic rings. The predicted octanol–water partition coefficient (Wildman–Crippen LogP) is 3.38. The van der Waals surface area contributed by atoms with Crippen LogP contribution in [-0.4, -0.2) is 47.2 Å². The predicted molar refractivity (Wildman–Crippen MR) is 125 cm³/mol. The lowest BCUT2D eigenvalue weighted by molar-refractivity contribution is -0.152. The Morgan fingerprint density at radius 2 is 2.12 bits per heavy atom. The second kappa shape index (κ2) is 7.89. The van der Waals surface area contributed by atoms with E-state index in [9.17, 15) is 9.90 Å². The van der Waals surface area contributed by atoms with E-state index in [1.165, 1.54) is 11.3 Å². The van der Waals surface area contributed by atoms with E-state index in [4.69, 9.17) is 16.2 Å². The van der Waals surface area contributed by atoms with Gasteiger partial charge < -0.3 is 31.2 Å². The smallest absolute Gasteiger partial charge is 0.222 e. The minimum absolute atomic E-state index is 0.148. The number of H-pyrrole nitrogens is 1. The molecule has 2 atom stereocenters. The summed E-state index contributed by atoms with van der Waals surface area (Å²) >= 11 is 0. The average Bonchev–Trinajstić information content (AvgIpc) is 3.35. The largest absolute Gasteiger partial charge is 0.507 e. The van der Waals surface area contributed by atoms with Gasteiger partial charge in [-0.25, -0.2) is 0 Å². The van der Waals surface area contributed by atoms with Gasteiger partial charge in [0.1, 0.15) is 11.6 Å². The van der Waals surface area contributed by atoms with Crippen molar-refractivity contribution in [2.75, 3.05) is 32.0 Å². The molecule has 2 saturated heterocycles. The number of carbonyl (C=O) groups is 1. The lowest BCUT2D eigenvalue weighted by atomic mass is 9.54. The molecule has 1 spiro atoms. The summed E-state index contributed by atoms with van der Waals surface area (Å²) in [5.74, 6) is 1.59. The second-order valence-electron chi connectivity index (χ2n) is 9.51. The lowest BCUT2D eigenvalue weighted by Gasteiger charge is -2.60. The van der Waals surface area contributed by atoms with Crippen LogP contribution in [0.4, 0.5) is 5.82 Å². The van der Waals surface area contributed by atoms with Crippen LogP contribution < -0.4 is 11.5 Å². The van der Waals surface area contributed by atoms with Crippen molar-refractivity contribution in [3.05, 3.63) is 46.6 Å². The number of phenols is 1. The monoisotopic (exact) mass is 436 g/mol. The van der Waals surface area contributed by atoms with Crippen molar-refractivity contribution in [2.45, 2.75) is 44.4 Å². The molecule has 7 heteroatoms. The van der Waals surface area contributed by atoms with Gasteiger partial charge in [-0.3, -0.25) is 4.79 Å². The minimum atomic E-state index is 0.148. The molecule has 2 unspecified atom stereocenters. The number of para-hydroxylation sites is 1. The molecule has 5 rings (SSSR count). The van der Waals surface area contributed by atoms with Crippen molar-refractivity contribution >= 4 is 23.5 Å². The molecular weight excluding hydrogens is 404 g/mol. The van der Waals surface area contributed by atoms with Crippen molar-refractivity contribution in [2.24, 2.45) is 11.1 Å². The van der Waals surface area contributed by atoms with Crippen LogP contribution in [0.1, 0.15) is 66.8 Å². The molecule has 1 amide bonds. The highest BCUT2D eigenvalue weighted by molar-refractivity contribution is 5.86. The van der Waals surface area contributed by atoms with Crippen LogP contribution >= 0.6 is 0 Å². The first-order valence-corrected chi connectivity index (χ1v) is 11.6. The molecule has 1 saturated carbocycles. The summed E-state index contributed by atoms with van der Waals surface area (Å²) in [4.78, 5) is 17.6. The fraction of sp³-hybridized carbons (Fsp3) is 0.480. The number of nitrogens with zero attached hydrogens (tertiary/aromatic N) is 1. The summed E-state index contributed by atoms with van der Waals surface area (Å²) < 4.78 is 5.73. The molecule has 170 valence electrons. The van der Waals surface area contributed by atoms with Gasteiger partial charge >= 0.3 is 0 Å². The third-order valence-corrected chi connectivity index (χ3v) is 7.68. The van der Waals surface area contributed by atoms with Gasteiger partial charge in [0.2, 0.25) is 5.91 Å². The van der Waals surface area contributed by atoms with Gasteiger partial charge in [0, 0.05) is 65.9 Å². The summed E-state index contributed by atoms with van der Waals surface area (Å²) in [6.07, 6.45) is 5.61. The second-order valence-corrected chi connectivity index (χ2v) is 9.51. The SMILES string of the molecule is CCC(=O)N1CC2(CCC2c2[nH]c(N)c(/C=C(\N)c3ccccc3O)c2C2CCOC2)C1. The van der Waals surface area contributed by atoms with Crippen LogP contribution in [0.5, 0.6) is 5.75 Å². The molecule has 0 bridgehead atoms. The topological polar surface area (TPSA) is 118 Å². The maximum Gasteiger partial charge on any atom is 0.222 e. The van der Waals surface area contributed by atoms with Crippen LogP contribution in [0.25, 0.3) is 11.8 Å². The number of aromatic amines is 1. The third kappa shape index (κ3) is 3.26. The molecular formula is C25H32N4O3. The van der Waals surface area contributed by atoms with E-state index in [0.717, 1.165) is 44.5 Å². The minimum Gasteiger partial charge on any atom is -0.507 e. The van der Waals surface area contributed by atoms with Gasteiger partial charge in [-0.15, -0.1) is 0 Å². The van der Waals surface area contributed by atoms with Crippen LogP contribution in [0.3, 0.4) is 0 Å². The Morgan fingerprint density at radius 3 is 2.75 bits per heavy atom. The molecule has 3 heterocycles. The van der Waals surface area contributed by atoms with E-state index in [1.807, 2.05) is 24.0 Å². The Morgan fingerprint density at radius 1 is 1.34 bits per heavy atom. The summed E-state index contributed by atoms with van der Waals surface area (Å²) in [5, 5.41) is 10.2. The number of nitrogen functional groups attached to an aromatic ring is 1. The highest BCUT2D eigenvalue weighted by Gasteiger charge is 2.57. The highest BCUT2D eigenvalue weighted by atomic mass is 16.5. The molecule has 3 fully saturated rings. The number of nitrogens with one attached hydrogen (secondary N) is 1. The number of amides is 1. The Kier molecular flexibility index (Phi) is 5.16. The quantitative estimate of drug-likeness (QED) is 0.573. The first-order valence-electron chi connectivity index (χ1n) is 11.6. The highest BCUT2D eigenvalue weighted by Crippen LogP contribution is 2.59. The Hall–Kier alpha value is -2.93. The zero-order valence-corrected chi connectivity index (χ0v) is 18.6. The number of anilines is 1. The third-order valence-electron chi connectivity index (χ3n) is 7.68. The normalized spacial score (nSPS) is 24.4. The van der Waals surface area contributed by atoms with E-state index in [2.05, 4.69) is 4.98 Å². The number of aromatic nitrogens is 1. The summed E-state index contributed by atoms with van der Waals surface area (Å²) in [5.41, 5.74) is 17.4. The van der Waals surface area contributed by atoms with E-state index >= 15 is 0 Å². The lowest BCUT2D eigenvalue weighted by Crippen LogP contribution is -2.64. The molecule has 2 aromatic rings. The Labute approximate surface area is 188 Å². The van der Waals surface area contributed by atoms with Crippen molar-refractivity contribution in [3.8, 4) is 5.75 Å². The number of carbonyl (C=O) groups excluding carboxylic acids is 1. The van der Waals surface area contributed by atoms with Crippen LogP contribution in [-0.2, 0) is 9.53 Å². The number of rotatable bonds is 5. The molecule has 6 N–H and O–H groups in total. The molecule has 7 nitrogen and oxygen atoms in total. The van der Waals surface area contributed by atoms with Crippen molar-refractivity contribution < 1.29 is 14.6 Å². The van der Waals surface area contributed by atoms with E-state index in [-0.39, 0.29) is 23.0 Å². The Bertz CT molecular complexity index is 1060. The van der Waals surface area contributed by atoms with Gasteiger partial charge in [-0.2, -0.15) is 0 Å². The molecule has 0 radical (unpaired) electrons. The molecule has 1 aromatic heterocycles. The average molecular weight is 437 g/mol. The van der Waals surface area contributed by atoms with Gasteiger partial charge in [0.15, 0.2) is 0 Å². The summed E-state index contributed by atoms with van der Waals surface area (Å²) in [7, 11) is 0. The van der Waals surface area contributed by atoms with Gasteiger partial charge in [-0.1, -0.05) is 19.1 Å². The number of ether oxygens (including phenoxy) is 1. The number of phenolic OH excluding ortho intramolecular Hbond substituents is 1. The van der Waals surface area contributed by atoms with E-state index < -0.39 is 0 Å².